The van der Waals surface area contributed by atoms with Crippen molar-refractivity contribution in [1.82, 2.24) is 19.7 Å². The minimum Gasteiger partial charge on any atom is -0.494 e. The van der Waals surface area contributed by atoms with E-state index in [9.17, 15) is 0 Å². The molecule has 4 aromatic rings. The lowest BCUT2D eigenvalue weighted by molar-refractivity contribution is 0.417. The molecule has 0 radical (unpaired) electrons. The fourth-order valence-electron chi connectivity index (χ4n) is 3.27. The average molecular weight is 344 g/mol. The van der Waals surface area contributed by atoms with Crippen molar-refractivity contribution in [1.29, 1.82) is 0 Å². The minimum absolute atomic E-state index is 0.742. The number of hydrogen-bond donors (Lipinski definition) is 0. The normalized spacial score (nSPS) is 11.0. The van der Waals surface area contributed by atoms with Crippen molar-refractivity contribution in [2.24, 2.45) is 0 Å². The fraction of sp³-hybridized carbons (Fsp3) is 0.190. The molecule has 3 heterocycles. The number of aryl methyl sites for hydroxylation is 2. The third-order valence-electron chi connectivity index (χ3n) is 4.46. The maximum Gasteiger partial charge on any atom is 0.159 e. The van der Waals surface area contributed by atoms with Gasteiger partial charge in [0, 0.05) is 35.6 Å². The second kappa shape index (κ2) is 6.59. The Balaban J connectivity index is 2.13. The molecular weight excluding hydrogens is 324 g/mol. The van der Waals surface area contributed by atoms with Crippen molar-refractivity contribution in [2.75, 3.05) is 7.11 Å². The van der Waals surface area contributed by atoms with Gasteiger partial charge in [-0.1, -0.05) is 30.3 Å². The van der Waals surface area contributed by atoms with Gasteiger partial charge in [0.1, 0.15) is 5.69 Å². The van der Waals surface area contributed by atoms with Crippen molar-refractivity contribution in [3.63, 3.8) is 0 Å². The lowest BCUT2D eigenvalue weighted by Crippen LogP contribution is -2.01. The van der Waals surface area contributed by atoms with Crippen molar-refractivity contribution in [2.45, 2.75) is 20.4 Å². The molecule has 0 aliphatic carbocycles. The summed E-state index contributed by atoms with van der Waals surface area (Å²) in [5.74, 6) is 0.742. The van der Waals surface area contributed by atoms with Gasteiger partial charge in [-0.25, -0.2) is 9.67 Å². The van der Waals surface area contributed by atoms with E-state index in [0.29, 0.717) is 0 Å². The van der Waals surface area contributed by atoms with Crippen LogP contribution in [0.3, 0.4) is 0 Å². The number of pyridine rings is 2. The molecule has 5 nitrogen and oxygen atoms in total. The monoisotopic (exact) mass is 344 g/mol. The zero-order valence-electron chi connectivity index (χ0n) is 15.1. The molecule has 0 amide bonds. The predicted molar refractivity (Wildman–Crippen MR) is 103 cm³/mol. The van der Waals surface area contributed by atoms with Crippen molar-refractivity contribution >= 4 is 11.0 Å². The quantitative estimate of drug-likeness (QED) is 0.547. The molecule has 0 N–H and O–H groups in total. The zero-order chi connectivity index (χ0) is 18.1. The highest BCUT2D eigenvalue weighted by molar-refractivity contribution is 5.99. The Kier molecular flexibility index (Phi) is 4.13. The molecule has 5 heteroatoms. The largest absolute Gasteiger partial charge is 0.494 e. The number of benzene rings is 1. The van der Waals surface area contributed by atoms with E-state index >= 15 is 0 Å². The molecule has 0 atom stereocenters. The van der Waals surface area contributed by atoms with E-state index in [1.807, 2.05) is 60.5 Å². The number of methoxy groups -OCH3 is 1. The number of ether oxygens (including phenoxy) is 1. The van der Waals surface area contributed by atoms with Crippen LogP contribution in [0, 0.1) is 6.92 Å². The molecule has 0 bridgehead atoms. The van der Waals surface area contributed by atoms with E-state index in [1.54, 1.807) is 7.11 Å². The van der Waals surface area contributed by atoms with Gasteiger partial charge in [0.2, 0.25) is 0 Å². The molecule has 0 fully saturated rings. The Morgan fingerprint density at radius 2 is 1.85 bits per heavy atom. The highest BCUT2D eigenvalue weighted by Crippen LogP contribution is 2.42. The molecule has 0 spiro atoms. The predicted octanol–water partition coefficient (Wildman–Crippen LogP) is 4.50. The summed E-state index contributed by atoms with van der Waals surface area (Å²) in [6.07, 6.45) is 5.57. The Bertz CT molecular complexity index is 1070. The van der Waals surface area contributed by atoms with E-state index in [2.05, 4.69) is 23.1 Å². The SMILES string of the molecule is CCn1ncc2c(-c3cncc(C)c3)c(OC)c(-c3ccccc3)nc21. The van der Waals surface area contributed by atoms with Crippen LogP contribution in [0.1, 0.15) is 12.5 Å². The summed E-state index contributed by atoms with van der Waals surface area (Å²) in [4.78, 5) is 9.28. The van der Waals surface area contributed by atoms with E-state index in [0.717, 1.165) is 51.3 Å². The summed E-state index contributed by atoms with van der Waals surface area (Å²) in [6.45, 7) is 4.85. The summed E-state index contributed by atoms with van der Waals surface area (Å²) in [5, 5.41) is 5.48. The second-order valence-corrected chi connectivity index (χ2v) is 6.18. The van der Waals surface area contributed by atoms with E-state index in [-0.39, 0.29) is 0 Å². The first-order chi connectivity index (χ1) is 12.7. The molecule has 0 saturated carbocycles. The summed E-state index contributed by atoms with van der Waals surface area (Å²) < 4.78 is 7.76. The number of nitrogens with zero attached hydrogens (tertiary/aromatic N) is 4. The van der Waals surface area contributed by atoms with Crippen LogP contribution in [-0.2, 0) is 6.54 Å². The molecule has 4 rings (SSSR count). The Hall–Kier alpha value is -3.21. The first kappa shape index (κ1) is 16.3. The molecule has 0 aliphatic heterocycles. The van der Waals surface area contributed by atoms with Gasteiger partial charge in [-0.15, -0.1) is 0 Å². The summed E-state index contributed by atoms with van der Waals surface area (Å²) >= 11 is 0. The lowest BCUT2D eigenvalue weighted by Gasteiger charge is -2.15. The van der Waals surface area contributed by atoms with Crippen LogP contribution in [0.5, 0.6) is 5.75 Å². The van der Waals surface area contributed by atoms with Crippen LogP contribution in [0.2, 0.25) is 0 Å². The molecule has 0 unspecified atom stereocenters. The Morgan fingerprint density at radius 3 is 2.54 bits per heavy atom. The van der Waals surface area contributed by atoms with Crippen LogP contribution < -0.4 is 4.74 Å². The molecule has 3 aromatic heterocycles. The number of rotatable bonds is 4. The highest BCUT2D eigenvalue weighted by atomic mass is 16.5. The van der Waals surface area contributed by atoms with E-state index in [4.69, 9.17) is 9.72 Å². The van der Waals surface area contributed by atoms with Gasteiger partial charge in [0.25, 0.3) is 0 Å². The lowest BCUT2D eigenvalue weighted by atomic mass is 9.99. The second-order valence-electron chi connectivity index (χ2n) is 6.18. The molecular formula is C21H20N4O. The first-order valence-corrected chi connectivity index (χ1v) is 8.64. The van der Waals surface area contributed by atoms with Crippen LogP contribution in [0.4, 0.5) is 0 Å². The van der Waals surface area contributed by atoms with Gasteiger partial charge >= 0.3 is 0 Å². The molecule has 0 saturated heterocycles. The van der Waals surface area contributed by atoms with Crippen LogP contribution in [-0.4, -0.2) is 26.9 Å². The van der Waals surface area contributed by atoms with Gasteiger partial charge in [0.15, 0.2) is 11.4 Å². The van der Waals surface area contributed by atoms with Gasteiger partial charge in [-0.05, 0) is 25.5 Å². The van der Waals surface area contributed by atoms with Crippen molar-refractivity contribution in [3.05, 3.63) is 60.6 Å². The molecule has 0 aliphatic rings. The summed E-state index contributed by atoms with van der Waals surface area (Å²) in [7, 11) is 1.69. The fourth-order valence-corrected chi connectivity index (χ4v) is 3.27. The average Bonchev–Trinajstić information content (AvgIpc) is 3.09. The number of hydrogen-bond acceptors (Lipinski definition) is 4. The molecule has 130 valence electrons. The zero-order valence-corrected chi connectivity index (χ0v) is 15.1. The molecule has 1 aromatic carbocycles. The van der Waals surface area contributed by atoms with Gasteiger partial charge in [-0.3, -0.25) is 4.98 Å². The molecule has 26 heavy (non-hydrogen) atoms. The van der Waals surface area contributed by atoms with Crippen molar-refractivity contribution < 1.29 is 4.74 Å². The van der Waals surface area contributed by atoms with Gasteiger partial charge < -0.3 is 4.74 Å². The summed E-state index contributed by atoms with van der Waals surface area (Å²) in [5.41, 5.74) is 5.75. The van der Waals surface area contributed by atoms with E-state index in [1.165, 1.54) is 0 Å². The van der Waals surface area contributed by atoms with Gasteiger partial charge in [0.05, 0.1) is 18.7 Å². The van der Waals surface area contributed by atoms with Crippen LogP contribution in [0.15, 0.2) is 55.0 Å². The first-order valence-electron chi connectivity index (χ1n) is 8.64. The standard InChI is InChI=1S/C21H20N4O/c1-4-25-21-17(13-23-25)18(16-10-14(2)11-22-12-16)20(26-3)19(24-21)15-8-6-5-7-9-15/h5-13H,4H2,1-3H3. The topological polar surface area (TPSA) is 52.8 Å². The Labute approximate surface area is 152 Å². The third-order valence-corrected chi connectivity index (χ3v) is 4.46. The number of aromatic nitrogens is 4. The van der Waals surface area contributed by atoms with Gasteiger partial charge in [-0.2, -0.15) is 5.10 Å². The maximum atomic E-state index is 5.85. The third kappa shape index (κ3) is 2.62. The van der Waals surface area contributed by atoms with Crippen LogP contribution in [0.25, 0.3) is 33.4 Å². The van der Waals surface area contributed by atoms with E-state index < -0.39 is 0 Å². The highest BCUT2D eigenvalue weighted by Gasteiger charge is 2.21. The maximum absolute atomic E-state index is 5.85. The Morgan fingerprint density at radius 1 is 1.04 bits per heavy atom. The summed E-state index contributed by atoms with van der Waals surface area (Å²) in [6, 6.07) is 12.2. The van der Waals surface area contributed by atoms with Crippen LogP contribution >= 0.6 is 0 Å². The minimum atomic E-state index is 0.742. The smallest absolute Gasteiger partial charge is 0.159 e. The van der Waals surface area contributed by atoms with Crippen molar-refractivity contribution in [3.8, 4) is 28.1 Å². The number of fused-ring (bicyclic) bond motifs is 1.